The third-order valence-electron chi connectivity index (χ3n) is 0.828. The maximum Gasteiger partial charge on any atom is 0.120 e. The molecule has 0 saturated carbocycles. The molecule has 0 aromatic carbocycles. The monoisotopic (exact) mass is 118 g/mol. The van der Waals surface area contributed by atoms with Crippen LogP contribution in [0.25, 0.3) is 0 Å². The Morgan fingerprint density at radius 2 is 2.25 bits per heavy atom. The van der Waals surface area contributed by atoms with E-state index < -0.39 is 6.10 Å². The standard InChI is InChI=1S/C5H10O3/c6-3-1-2-5(8)4-7/h3,5,7-8H,1-2,4H2/t5-/m1/s1. The minimum atomic E-state index is -0.722. The van der Waals surface area contributed by atoms with Gasteiger partial charge in [-0.3, -0.25) is 0 Å². The van der Waals surface area contributed by atoms with E-state index in [4.69, 9.17) is 10.2 Å². The van der Waals surface area contributed by atoms with Gasteiger partial charge in [0.15, 0.2) is 0 Å². The third-order valence-corrected chi connectivity index (χ3v) is 0.828. The summed E-state index contributed by atoms with van der Waals surface area (Å²) < 4.78 is 0. The number of carbonyl (C=O) groups is 1. The van der Waals surface area contributed by atoms with Gasteiger partial charge in [0.05, 0.1) is 12.7 Å². The fourth-order valence-corrected chi connectivity index (χ4v) is 0.352. The Morgan fingerprint density at radius 3 is 2.62 bits per heavy atom. The largest absolute Gasteiger partial charge is 0.394 e. The fourth-order valence-electron chi connectivity index (χ4n) is 0.352. The zero-order valence-electron chi connectivity index (χ0n) is 4.58. The zero-order valence-corrected chi connectivity index (χ0v) is 4.58. The van der Waals surface area contributed by atoms with E-state index in [0.29, 0.717) is 12.8 Å². The molecule has 48 valence electrons. The van der Waals surface area contributed by atoms with Crippen molar-refractivity contribution in [1.82, 2.24) is 0 Å². The molecule has 0 aliphatic carbocycles. The van der Waals surface area contributed by atoms with E-state index >= 15 is 0 Å². The van der Waals surface area contributed by atoms with Crippen molar-refractivity contribution in [3.05, 3.63) is 0 Å². The smallest absolute Gasteiger partial charge is 0.120 e. The lowest BCUT2D eigenvalue weighted by atomic mass is 10.2. The summed E-state index contributed by atoms with van der Waals surface area (Å²) in [7, 11) is 0. The van der Waals surface area contributed by atoms with Crippen molar-refractivity contribution in [3.63, 3.8) is 0 Å². The number of rotatable bonds is 4. The summed E-state index contributed by atoms with van der Waals surface area (Å²) in [6.07, 6.45) is 0.681. The summed E-state index contributed by atoms with van der Waals surface area (Å²) >= 11 is 0. The molecular weight excluding hydrogens is 108 g/mol. The molecule has 0 aliphatic heterocycles. The van der Waals surface area contributed by atoms with Crippen LogP contribution in [-0.4, -0.2) is 29.2 Å². The van der Waals surface area contributed by atoms with E-state index in [1.807, 2.05) is 0 Å². The maximum atomic E-state index is 9.63. The van der Waals surface area contributed by atoms with Gasteiger partial charge in [-0.2, -0.15) is 0 Å². The molecule has 0 aromatic rings. The molecule has 0 saturated heterocycles. The summed E-state index contributed by atoms with van der Waals surface area (Å²) in [6.45, 7) is -0.256. The summed E-state index contributed by atoms with van der Waals surface area (Å²) in [5.41, 5.74) is 0. The van der Waals surface area contributed by atoms with Crippen LogP contribution in [0.5, 0.6) is 0 Å². The van der Waals surface area contributed by atoms with Crippen LogP contribution in [0, 0.1) is 0 Å². The Bertz CT molecular complexity index is 62.7. The van der Waals surface area contributed by atoms with Crippen molar-refractivity contribution in [1.29, 1.82) is 0 Å². The zero-order chi connectivity index (χ0) is 6.41. The molecule has 0 radical (unpaired) electrons. The lowest BCUT2D eigenvalue weighted by molar-refractivity contribution is -0.108. The highest BCUT2D eigenvalue weighted by atomic mass is 16.3. The predicted molar refractivity (Wildman–Crippen MR) is 28.4 cm³/mol. The Hall–Kier alpha value is -0.410. The van der Waals surface area contributed by atoms with Crippen molar-refractivity contribution < 1.29 is 15.0 Å². The quantitative estimate of drug-likeness (QED) is 0.481. The summed E-state index contributed by atoms with van der Waals surface area (Å²) in [4.78, 5) is 9.63. The minimum Gasteiger partial charge on any atom is -0.394 e. The van der Waals surface area contributed by atoms with Gasteiger partial charge < -0.3 is 15.0 Å². The Kier molecular flexibility index (Phi) is 4.50. The molecule has 3 nitrogen and oxygen atoms in total. The van der Waals surface area contributed by atoms with Crippen molar-refractivity contribution in [3.8, 4) is 0 Å². The highest BCUT2D eigenvalue weighted by molar-refractivity contribution is 5.49. The van der Waals surface area contributed by atoms with Gasteiger partial charge in [-0.1, -0.05) is 0 Å². The molecule has 1 atom stereocenters. The molecule has 0 heterocycles. The van der Waals surface area contributed by atoms with E-state index in [2.05, 4.69) is 0 Å². The number of hydrogen-bond donors (Lipinski definition) is 2. The van der Waals surface area contributed by atoms with Gasteiger partial charge in [0.1, 0.15) is 6.29 Å². The number of carbonyl (C=O) groups excluding carboxylic acids is 1. The Morgan fingerprint density at radius 1 is 1.62 bits per heavy atom. The number of aliphatic hydroxyl groups is 2. The first-order chi connectivity index (χ1) is 3.81. The molecule has 0 unspecified atom stereocenters. The van der Waals surface area contributed by atoms with Crippen LogP contribution in [0.3, 0.4) is 0 Å². The minimum absolute atomic E-state index is 0.256. The summed E-state index contributed by atoms with van der Waals surface area (Å²) in [5, 5.41) is 16.8. The molecular formula is C5H10O3. The first-order valence-corrected chi connectivity index (χ1v) is 2.53. The van der Waals surface area contributed by atoms with Crippen LogP contribution in [0.4, 0.5) is 0 Å². The molecule has 0 aromatic heterocycles. The summed E-state index contributed by atoms with van der Waals surface area (Å²) in [5.74, 6) is 0. The highest BCUT2D eigenvalue weighted by Crippen LogP contribution is 1.91. The van der Waals surface area contributed by atoms with E-state index in [-0.39, 0.29) is 6.61 Å². The second-order valence-corrected chi connectivity index (χ2v) is 1.58. The highest BCUT2D eigenvalue weighted by Gasteiger charge is 1.98. The van der Waals surface area contributed by atoms with Crippen LogP contribution in [0.2, 0.25) is 0 Å². The van der Waals surface area contributed by atoms with Crippen molar-refractivity contribution in [2.24, 2.45) is 0 Å². The van der Waals surface area contributed by atoms with Crippen molar-refractivity contribution in [2.75, 3.05) is 6.61 Å². The molecule has 8 heavy (non-hydrogen) atoms. The van der Waals surface area contributed by atoms with Crippen LogP contribution < -0.4 is 0 Å². The molecule has 0 spiro atoms. The van der Waals surface area contributed by atoms with Crippen LogP contribution in [0.1, 0.15) is 12.8 Å². The molecule has 0 amide bonds. The fraction of sp³-hybridized carbons (Fsp3) is 0.800. The molecule has 0 rings (SSSR count). The lowest BCUT2D eigenvalue weighted by Crippen LogP contribution is -2.11. The second-order valence-electron chi connectivity index (χ2n) is 1.58. The van der Waals surface area contributed by atoms with Gasteiger partial charge in [0.2, 0.25) is 0 Å². The average molecular weight is 118 g/mol. The van der Waals surface area contributed by atoms with E-state index in [1.54, 1.807) is 0 Å². The third kappa shape index (κ3) is 3.77. The summed E-state index contributed by atoms with van der Waals surface area (Å²) in [6, 6.07) is 0. The van der Waals surface area contributed by atoms with Crippen molar-refractivity contribution >= 4 is 6.29 Å². The van der Waals surface area contributed by atoms with Gasteiger partial charge in [-0.15, -0.1) is 0 Å². The second kappa shape index (κ2) is 4.74. The van der Waals surface area contributed by atoms with E-state index in [9.17, 15) is 4.79 Å². The van der Waals surface area contributed by atoms with Crippen LogP contribution >= 0.6 is 0 Å². The van der Waals surface area contributed by atoms with Gasteiger partial charge >= 0.3 is 0 Å². The molecule has 3 heteroatoms. The van der Waals surface area contributed by atoms with Gasteiger partial charge in [-0.25, -0.2) is 0 Å². The normalized spacial score (nSPS) is 13.2. The van der Waals surface area contributed by atoms with Crippen molar-refractivity contribution in [2.45, 2.75) is 18.9 Å². The molecule has 0 fully saturated rings. The van der Waals surface area contributed by atoms with Gasteiger partial charge in [0, 0.05) is 6.42 Å². The molecule has 0 aliphatic rings. The number of aldehydes is 1. The lowest BCUT2D eigenvalue weighted by Gasteiger charge is -2.00. The van der Waals surface area contributed by atoms with Gasteiger partial charge in [0.25, 0.3) is 0 Å². The Balaban J connectivity index is 2.97. The Labute approximate surface area is 47.9 Å². The first kappa shape index (κ1) is 7.59. The van der Waals surface area contributed by atoms with Gasteiger partial charge in [-0.05, 0) is 6.42 Å². The van der Waals surface area contributed by atoms with E-state index in [1.165, 1.54) is 0 Å². The topological polar surface area (TPSA) is 57.5 Å². The predicted octanol–water partition coefficient (Wildman–Crippen LogP) is -0.681. The van der Waals surface area contributed by atoms with Crippen LogP contribution in [-0.2, 0) is 4.79 Å². The van der Waals surface area contributed by atoms with E-state index in [0.717, 1.165) is 6.29 Å². The molecule has 2 N–H and O–H groups in total. The first-order valence-electron chi connectivity index (χ1n) is 2.53. The maximum absolute atomic E-state index is 9.63. The molecule has 0 bridgehead atoms. The van der Waals surface area contributed by atoms with Crippen LogP contribution in [0.15, 0.2) is 0 Å². The SMILES string of the molecule is O=CCC[C@@H](O)CO. The number of hydrogen-bond acceptors (Lipinski definition) is 3. The number of aliphatic hydroxyl groups excluding tert-OH is 2. The average Bonchev–Trinajstić information content (AvgIpc) is 1.83.